The summed E-state index contributed by atoms with van der Waals surface area (Å²) >= 11 is 0. The van der Waals surface area contributed by atoms with Crippen LogP contribution in [0.3, 0.4) is 0 Å². The summed E-state index contributed by atoms with van der Waals surface area (Å²) in [5, 5.41) is 17.7. The van der Waals surface area contributed by atoms with Crippen LogP contribution in [0, 0.1) is 0 Å². The Morgan fingerprint density at radius 3 is 2.96 bits per heavy atom. The molecule has 132 valence electrons. The minimum Gasteiger partial charge on any atom is -0.388 e. The Morgan fingerprint density at radius 2 is 2.21 bits per heavy atom. The summed E-state index contributed by atoms with van der Waals surface area (Å²) in [5.41, 5.74) is 0. The van der Waals surface area contributed by atoms with Crippen LogP contribution >= 0.6 is 0 Å². The number of aliphatic hydroxyl groups is 1. The third-order valence-corrected chi connectivity index (χ3v) is 4.71. The van der Waals surface area contributed by atoms with Gasteiger partial charge in [0, 0.05) is 45.6 Å². The number of piperidine rings is 1. The molecule has 0 aliphatic carbocycles. The third-order valence-electron chi connectivity index (χ3n) is 4.71. The van der Waals surface area contributed by atoms with Gasteiger partial charge in [0.15, 0.2) is 5.82 Å². The topological polar surface area (TPSA) is 81.2 Å². The maximum Gasteiger partial charge on any atom is 0.158 e. The number of rotatable bonds is 7. The number of ether oxygens (including phenoxy) is 1. The summed E-state index contributed by atoms with van der Waals surface area (Å²) in [7, 11) is 3.64. The highest BCUT2D eigenvalue weighted by Crippen LogP contribution is 2.26. The molecule has 1 aliphatic rings. The van der Waals surface area contributed by atoms with E-state index in [4.69, 9.17) is 4.74 Å². The second-order valence-corrected chi connectivity index (χ2v) is 6.30. The van der Waals surface area contributed by atoms with E-state index in [1.165, 1.54) is 0 Å². The van der Waals surface area contributed by atoms with E-state index >= 15 is 0 Å². The molecule has 8 nitrogen and oxygen atoms in total. The highest BCUT2D eigenvalue weighted by Gasteiger charge is 2.26. The second kappa shape index (κ2) is 7.87. The van der Waals surface area contributed by atoms with Gasteiger partial charge in [0.2, 0.25) is 0 Å². The van der Waals surface area contributed by atoms with Crippen molar-refractivity contribution in [2.75, 3.05) is 26.8 Å². The number of hydrogen-bond donors (Lipinski definition) is 1. The predicted molar refractivity (Wildman–Crippen MR) is 88.3 cm³/mol. The number of imidazole rings is 1. The van der Waals surface area contributed by atoms with Gasteiger partial charge in [0.25, 0.3) is 0 Å². The van der Waals surface area contributed by atoms with Crippen molar-refractivity contribution in [3.63, 3.8) is 0 Å². The lowest BCUT2D eigenvalue weighted by Crippen LogP contribution is -2.35. The van der Waals surface area contributed by atoms with Crippen molar-refractivity contribution in [1.29, 1.82) is 0 Å². The fraction of sp³-hybridized carbons (Fsp3) is 0.688. The van der Waals surface area contributed by atoms with E-state index in [1.807, 2.05) is 24.0 Å². The van der Waals surface area contributed by atoms with Crippen LogP contribution in [-0.4, -0.2) is 61.1 Å². The highest BCUT2D eigenvalue weighted by molar-refractivity contribution is 5.04. The van der Waals surface area contributed by atoms with Crippen molar-refractivity contribution in [2.45, 2.75) is 38.5 Å². The Hall–Kier alpha value is -1.77. The first kappa shape index (κ1) is 17.1. The first-order valence-electron chi connectivity index (χ1n) is 8.43. The molecule has 0 radical (unpaired) electrons. The van der Waals surface area contributed by atoms with Gasteiger partial charge in [-0.05, 0) is 19.4 Å². The van der Waals surface area contributed by atoms with E-state index in [2.05, 4.69) is 24.6 Å². The number of nitrogens with zero attached hydrogens (tertiary/aromatic N) is 6. The molecule has 1 fully saturated rings. The summed E-state index contributed by atoms with van der Waals surface area (Å²) in [6, 6.07) is 0. The van der Waals surface area contributed by atoms with E-state index in [9.17, 15) is 5.11 Å². The van der Waals surface area contributed by atoms with Crippen LogP contribution in [0.4, 0.5) is 0 Å². The molecule has 3 heterocycles. The lowest BCUT2D eigenvalue weighted by molar-refractivity contribution is 0.174. The minimum atomic E-state index is -0.0726. The maximum absolute atomic E-state index is 9.30. The molecule has 0 saturated carbocycles. The molecule has 8 heteroatoms. The summed E-state index contributed by atoms with van der Waals surface area (Å²) < 4.78 is 9.24. The fourth-order valence-electron chi connectivity index (χ4n) is 3.36. The van der Waals surface area contributed by atoms with Crippen molar-refractivity contribution in [3.05, 3.63) is 29.9 Å². The van der Waals surface area contributed by atoms with Crippen LogP contribution in [0.25, 0.3) is 0 Å². The molecule has 1 unspecified atom stereocenters. The van der Waals surface area contributed by atoms with Crippen LogP contribution in [0.15, 0.2) is 12.4 Å². The molecule has 0 amide bonds. The Bertz CT molecular complexity index is 653. The third kappa shape index (κ3) is 3.66. The average molecular weight is 334 g/mol. The van der Waals surface area contributed by atoms with Crippen molar-refractivity contribution in [1.82, 2.24) is 29.2 Å². The Labute approximate surface area is 142 Å². The van der Waals surface area contributed by atoms with Gasteiger partial charge in [-0.25, -0.2) is 4.98 Å². The zero-order valence-corrected chi connectivity index (χ0v) is 14.4. The summed E-state index contributed by atoms with van der Waals surface area (Å²) in [5.74, 6) is 3.00. The van der Waals surface area contributed by atoms with E-state index in [1.54, 1.807) is 7.11 Å². The van der Waals surface area contributed by atoms with E-state index in [-0.39, 0.29) is 6.61 Å². The molecule has 2 aromatic rings. The van der Waals surface area contributed by atoms with Gasteiger partial charge in [0.05, 0.1) is 13.2 Å². The van der Waals surface area contributed by atoms with Gasteiger partial charge < -0.3 is 19.0 Å². The zero-order valence-electron chi connectivity index (χ0n) is 14.4. The van der Waals surface area contributed by atoms with E-state index < -0.39 is 0 Å². The van der Waals surface area contributed by atoms with Gasteiger partial charge >= 0.3 is 0 Å². The van der Waals surface area contributed by atoms with Gasteiger partial charge in [0.1, 0.15) is 18.3 Å². The monoisotopic (exact) mass is 334 g/mol. The first-order chi connectivity index (χ1) is 11.7. The molecule has 24 heavy (non-hydrogen) atoms. The molecule has 2 aromatic heterocycles. The Balaban J connectivity index is 1.65. The molecule has 1 atom stereocenters. The molecule has 1 saturated heterocycles. The van der Waals surface area contributed by atoms with E-state index in [0.29, 0.717) is 18.3 Å². The van der Waals surface area contributed by atoms with Gasteiger partial charge in [-0.3, -0.25) is 4.90 Å². The van der Waals surface area contributed by atoms with Gasteiger partial charge in [-0.1, -0.05) is 0 Å². The molecule has 3 rings (SSSR count). The number of methoxy groups -OCH3 is 1. The lowest BCUT2D eigenvalue weighted by Gasteiger charge is -2.32. The number of aromatic nitrogens is 5. The lowest BCUT2D eigenvalue weighted by atomic mass is 9.97. The van der Waals surface area contributed by atoms with Crippen molar-refractivity contribution in [3.8, 4) is 0 Å². The molecule has 0 spiro atoms. The van der Waals surface area contributed by atoms with Crippen LogP contribution in [-0.2, 0) is 31.5 Å². The largest absolute Gasteiger partial charge is 0.388 e. The van der Waals surface area contributed by atoms with Crippen LogP contribution in [0.1, 0.15) is 36.2 Å². The second-order valence-electron chi connectivity index (χ2n) is 6.30. The fourth-order valence-corrected chi connectivity index (χ4v) is 3.36. The molecule has 0 aromatic carbocycles. The Kier molecular flexibility index (Phi) is 5.60. The molecule has 0 bridgehead atoms. The normalized spacial score (nSPS) is 19.0. The smallest absolute Gasteiger partial charge is 0.158 e. The summed E-state index contributed by atoms with van der Waals surface area (Å²) in [4.78, 5) is 6.92. The SMILES string of the molecule is COCCn1ccnc1CN1CCCC(c2nnc(CO)n2C)C1. The van der Waals surface area contributed by atoms with Gasteiger partial charge in [-0.2, -0.15) is 0 Å². The molecule has 1 aliphatic heterocycles. The molecular weight excluding hydrogens is 308 g/mol. The standard InChI is InChI=1S/C16H26N6O2/c1-20-15(12-23)18-19-16(20)13-4-3-6-21(10-13)11-14-17-5-7-22(14)8-9-24-2/h5,7,13,23H,3-4,6,8-12H2,1-2H3. The van der Waals surface area contributed by atoms with Gasteiger partial charge in [-0.15, -0.1) is 10.2 Å². The quantitative estimate of drug-likeness (QED) is 0.795. The van der Waals surface area contributed by atoms with Crippen molar-refractivity contribution in [2.24, 2.45) is 7.05 Å². The van der Waals surface area contributed by atoms with Crippen LogP contribution in [0.2, 0.25) is 0 Å². The zero-order chi connectivity index (χ0) is 16.9. The predicted octanol–water partition coefficient (Wildman–Crippen LogP) is 0.530. The molecular formula is C16H26N6O2. The maximum atomic E-state index is 9.30. The number of aliphatic hydroxyl groups excluding tert-OH is 1. The van der Waals surface area contributed by atoms with Crippen LogP contribution in [0.5, 0.6) is 0 Å². The number of hydrogen-bond acceptors (Lipinski definition) is 6. The minimum absolute atomic E-state index is 0.0726. The average Bonchev–Trinajstić information content (AvgIpc) is 3.19. The van der Waals surface area contributed by atoms with Crippen LogP contribution < -0.4 is 0 Å². The molecule has 1 N–H and O–H groups in total. The summed E-state index contributed by atoms with van der Waals surface area (Å²) in [6.45, 7) is 4.28. The number of likely N-dealkylation sites (tertiary alicyclic amines) is 1. The van der Waals surface area contributed by atoms with E-state index in [0.717, 1.165) is 50.7 Å². The van der Waals surface area contributed by atoms with Crippen molar-refractivity contribution >= 4 is 0 Å². The first-order valence-corrected chi connectivity index (χ1v) is 8.43. The Morgan fingerprint density at radius 1 is 1.33 bits per heavy atom. The van der Waals surface area contributed by atoms with Crippen molar-refractivity contribution < 1.29 is 9.84 Å². The summed E-state index contributed by atoms with van der Waals surface area (Å²) in [6.07, 6.45) is 6.09. The highest BCUT2D eigenvalue weighted by atomic mass is 16.5.